The Morgan fingerprint density at radius 2 is 1.44 bits per heavy atom. The fourth-order valence-corrected chi connectivity index (χ4v) is 6.05. The lowest BCUT2D eigenvalue weighted by atomic mass is 10.1. The highest BCUT2D eigenvalue weighted by Crippen LogP contribution is 2.29. The van der Waals surface area contributed by atoms with E-state index in [1.807, 2.05) is 51.1 Å². The van der Waals surface area contributed by atoms with Crippen LogP contribution in [0, 0.1) is 6.92 Å². The van der Waals surface area contributed by atoms with E-state index in [0.29, 0.717) is 16.5 Å². The number of ether oxygens (including phenoxy) is 1. The van der Waals surface area contributed by atoms with E-state index in [1.165, 1.54) is 17.0 Å². The molecule has 0 aliphatic heterocycles. The second-order valence-corrected chi connectivity index (χ2v) is 13.2. The Kier molecular flexibility index (Phi) is 11.3. The van der Waals surface area contributed by atoms with Crippen molar-refractivity contribution >= 4 is 39.1 Å². The lowest BCUT2D eigenvalue weighted by Gasteiger charge is -2.32. The molecule has 1 N–H and O–H groups in total. The predicted molar refractivity (Wildman–Crippen MR) is 178 cm³/mol. The number of amides is 2. The molecule has 4 aromatic rings. The molecule has 0 spiro atoms. The number of rotatable bonds is 13. The molecule has 45 heavy (non-hydrogen) atoms. The van der Waals surface area contributed by atoms with Crippen LogP contribution >= 0.6 is 11.6 Å². The quantitative estimate of drug-likeness (QED) is 0.169. The number of carbonyl (C=O) groups is 2. The van der Waals surface area contributed by atoms with Crippen LogP contribution in [0.5, 0.6) is 11.5 Å². The number of anilines is 1. The minimum atomic E-state index is -4.19. The van der Waals surface area contributed by atoms with Crippen molar-refractivity contribution in [2.45, 2.75) is 57.6 Å². The monoisotopic (exact) mass is 647 g/mol. The molecule has 0 saturated carbocycles. The third-order valence-electron chi connectivity index (χ3n) is 7.43. The maximum absolute atomic E-state index is 14.1. The summed E-state index contributed by atoms with van der Waals surface area (Å²) in [6.07, 6.45) is 0.718. The Balaban J connectivity index is 1.70. The summed E-state index contributed by atoms with van der Waals surface area (Å²) in [5.74, 6) is 0.259. The number of nitrogens with one attached hydrogen (secondary N) is 1. The van der Waals surface area contributed by atoms with Gasteiger partial charge >= 0.3 is 0 Å². The molecule has 10 heteroatoms. The Morgan fingerprint density at radius 1 is 0.844 bits per heavy atom. The second-order valence-electron chi connectivity index (χ2n) is 10.9. The first kappa shape index (κ1) is 33.6. The molecule has 0 aliphatic rings. The summed E-state index contributed by atoms with van der Waals surface area (Å²) < 4.78 is 35.1. The van der Waals surface area contributed by atoms with Gasteiger partial charge in [-0.2, -0.15) is 0 Å². The van der Waals surface area contributed by atoms with Crippen LogP contribution in [-0.2, 0) is 26.2 Å². The number of carbonyl (C=O) groups excluding carboxylic acids is 2. The Hall–Kier alpha value is -4.34. The standard InChI is InChI=1S/C35H38ClN3O5S/c1-5-26(3)37-35(41)27(4)38(23-28-13-15-29(36)16-14-28)34(40)24-39(45(42,43)33-21-11-25(2)12-22-33)30-17-19-32(20-18-30)44-31-9-7-6-8-10-31/h6-22,26-27H,5,23-24H2,1-4H3,(H,37,41). The van der Waals surface area contributed by atoms with Crippen molar-refractivity contribution in [1.82, 2.24) is 10.2 Å². The van der Waals surface area contributed by atoms with E-state index in [0.717, 1.165) is 21.9 Å². The number of benzene rings is 4. The molecule has 2 amide bonds. The molecule has 0 aromatic heterocycles. The zero-order valence-electron chi connectivity index (χ0n) is 25.8. The number of halogens is 1. The van der Waals surface area contributed by atoms with Gasteiger partial charge in [0.15, 0.2) is 0 Å². The van der Waals surface area contributed by atoms with Gasteiger partial charge in [-0.25, -0.2) is 8.42 Å². The van der Waals surface area contributed by atoms with Crippen molar-refractivity contribution in [3.05, 3.63) is 119 Å². The molecule has 2 unspecified atom stereocenters. The van der Waals surface area contributed by atoms with Gasteiger partial charge in [0.1, 0.15) is 24.1 Å². The van der Waals surface area contributed by atoms with Gasteiger partial charge in [0.25, 0.3) is 10.0 Å². The van der Waals surface area contributed by atoms with Crippen LogP contribution in [0.15, 0.2) is 108 Å². The Morgan fingerprint density at radius 3 is 2.04 bits per heavy atom. The number of nitrogens with zero attached hydrogens (tertiary/aromatic N) is 2. The van der Waals surface area contributed by atoms with Gasteiger partial charge in [0, 0.05) is 17.6 Å². The van der Waals surface area contributed by atoms with Crippen LogP contribution in [0.3, 0.4) is 0 Å². The van der Waals surface area contributed by atoms with Crippen molar-refractivity contribution in [1.29, 1.82) is 0 Å². The molecule has 0 aliphatic carbocycles. The van der Waals surface area contributed by atoms with Crippen LogP contribution in [0.4, 0.5) is 5.69 Å². The predicted octanol–water partition coefficient (Wildman–Crippen LogP) is 6.97. The molecular weight excluding hydrogens is 610 g/mol. The van der Waals surface area contributed by atoms with Gasteiger partial charge < -0.3 is 15.0 Å². The van der Waals surface area contributed by atoms with E-state index in [4.69, 9.17) is 16.3 Å². The smallest absolute Gasteiger partial charge is 0.264 e. The molecule has 4 aromatic carbocycles. The number of aryl methyl sites for hydroxylation is 1. The number of hydrogen-bond donors (Lipinski definition) is 1. The van der Waals surface area contributed by atoms with E-state index >= 15 is 0 Å². The van der Waals surface area contributed by atoms with Gasteiger partial charge in [-0.15, -0.1) is 0 Å². The van der Waals surface area contributed by atoms with Crippen LogP contribution in [0.2, 0.25) is 5.02 Å². The van der Waals surface area contributed by atoms with Crippen LogP contribution < -0.4 is 14.4 Å². The van der Waals surface area contributed by atoms with E-state index in [2.05, 4.69) is 5.32 Å². The number of sulfonamides is 1. The first-order valence-electron chi connectivity index (χ1n) is 14.7. The molecule has 0 radical (unpaired) electrons. The van der Waals surface area contributed by atoms with Crippen molar-refractivity contribution in [2.24, 2.45) is 0 Å². The van der Waals surface area contributed by atoms with Crippen LogP contribution in [0.25, 0.3) is 0 Å². The topological polar surface area (TPSA) is 96.0 Å². The lowest BCUT2D eigenvalue weighted by Crippen LogP contribution is -2.52. The zero-order valence-corrected chi connectivity index (χ0v) is 27.4. The Labute approximate surface area is 270 Å². The third kappa shape index (κ3) is 8.86. The molecular formula is C35H38ClN3O5S. The first-order chi connectivity index (χ1) is 21.5. The van der Waals surface area contributed by atoms with Crippen molar-refractivity contribution in [2.75, 3.05) is 10.8 Å². The van der Waals surface area contributed by atoms with E-state index in [1.54, 1.807) is 67.6 Å². The SMILES string of the molecule is CCC(C)NC(=O)C(C)N(Cc1ccc(Cl)cc1)C(=O)CN(c1ccc(Oc2ccccc2)cc1)S(=O)(=O)c1ccc(C)cc1. The van der Waals surface area contributed by atoms with Gasteiger partial charge in [0.05, 0.1) is 10.6 Å². The molecule has 0 heterocycles. The maximum Gasteiger partial charge on any atom is 0.264 e. The average molecular weight is 648 g/mol. The van der Waals surface area contributed by atoms with Crippen LogP contribution in [-0.4, -0.2) is 43.8 Å². The molecule has 2 atom stereocenters. The summed E-state index contributed by atoms with van der Waals surface area (Å²) >= 11 is 6.08. The fourth-order valence-electron chi connectivity index (χ4n) is 4.51. The molecule has 0 fully saturated rings. The fraction of sp³-hybridized carbons (Fsp3) is 0.257. The number of hydrogen-bond acceptors (Lipinski definition) is 5. The lowest BCUT2D eigenvalue weighted by molar-refractivity contribution is -0.139. The molecule has 4 rings (SSSR count). The molecule has 0 saturated heterocycles. The third-order valence-corrected chi connectivity index (χ3v) is 9.47. The summed E-state index contributed by atoms with van der Waals surface area (Å²) in [7, 11) is -4.19. The summed E-state index contributed by atoms with van der Waals surface area (Å²) in [6, 6.07) is 28.1. The van der Waals surface area contributed by atoms with Gasteiger partial charge in [-0.05, 0) is 93.4 Å². The second kappa shape index (κ2) is 15.1. The molecule has 8 nitrogen and oxygen atoms in total. The summed E-state index contributed by atoms with van der Waals surface area (Å²) in [5, 5.41) is 3.47. The van der Waals surface area contributed by atoms with Gasteiger partial charge in [0.2, 0.25) is 11.8 Å². The maximum atomic E-state index is 14.1. The number of para-hydroxylation sites is 1. The minimum absolute atomic E-state index is 0.0392. The van der Waals surface area contributed by atoms with Crippen LogP contribution in [0.1, 0.15) is 38.3 Å². The molecule has 0 bridgehead atoms. The van der Waals surface area contributed by atoms with E-state index < -0.39 is 28.5 Å². The van der Waals surface area contributed by atoms with Gasteiger partial charge in [-0.1, -0.05) is 66.6 Å². The van der Waals surface area contributed by atoms with E-state index in [-0.39, 0.29) is 29.1 Å². The highest BCUT2D eigenvalue weighted by molar-refractivity contribution is 7.92. The highest BCUT2D eigenvalue weighted by Gasteiger charge is 2.33. The highest BCUT2D eigenvalue weighted by atomic mass is 35.5. The van der Waals surface area contributed by atoms with Gasteiger partial charge in [-0.3, -0.25) is 13.9 Å². The van der Waals surface area contributed by atoms with Crippen molar-refractivity contribution < 1.29 is 22.7 Å². The molecule has 236 valence electrons. The summed E-state index contributed by atoms with van der Waals surface area (Å²) in [4.78, 5) is 28.8. The van der Waals surface area contributed by atoms with Crippen molar-refractivity contribution in [3.8, 4) is 11.5 Å². The van der Waals surface area contributed by atoms with E-state index in [9.17, 15) is 18.0 Å². The summed E-state index contributed by atoms with van der Waals surface area (Å²) in [5.41, 5.74) is 1.91. The average Bonchev–Trinajstić information content (AvgIpc) is 3.04. The largest absolute Gasteiger partial charge is 0.457 e. The van der Waals surface area contributed by atoms with Crippen molar-refractivity contribution in [3.63, 3.8) is 0 Å². The Bertz CT molecular complexity index is 1680. The minimum Gasteiger partial charge on any atom is -0.457 e. The first-order valence-corrected chi connectivity index (χ1v) is 16.6. The zero-order chi connectivity index (χ0) is 32.6. The normalized spacial score (nSPS) is 12.6. The summed E-state index contributed by atoms with van der Waals surface area (Å²) in [6.45, 7) is 6.88.